The summed E-state index contributed by atoms with van der Waals surface area (Å²) in [7, 11) is 3.14. The van der Waals surface area contributed by atoms with E-state index in [-0.39, 0.29) is 5.91 Å². The summed E-state index contributed by atoms with van der Waals surface area (Å²) in [6.45, 7) is 3.85. The normalized spacial score (nSPS) is 11.5. The molecule has 128 valence electrons. The predicted molar refractivity (Wildman–Crippen MR) is 94.1 cm³/mol. The molecule has 0 fully saturated rings. The first-order valence-corrected chi connectivity index (χ1v) is 7.84. The molecule has 2 aromatic carbocycles. The van der Waals surface area contributed by atoms with Crippen LogP contribution in [0.2, 0.25) is 0 Å². The summed E-state index contributed by atoms with van der Waals surface area (Å²) < 4.78 is 16.4. The van der Waals surface area contributed by atoms with Crippen LogP contribution in [0.3, 0.4) is 0 Å². The molecule has 0 aliphatic rings. The number of hydrogen-bond acceptors (Lipinski definition) is 4. The van der Waals surface area contributed by atoms with Gasteiger partial charge in [0, 0.05) is 0 Å². The van der Waals surface area contributed by atoms with E-state index >= 15 is 0 Å². The summed E-state index contributed by atoms with van der Waals surface area (Å²) in [6.07, 6.45) is -0.107. The van der Waals surface area contributed by atoms with E-state index in [1.807, 2.05) is 44.2 Å². The van der Waals surface area contributed by atoms with Gasteiger partial charge < -0.3 is 19.5 Å². The number of para-hydroxylation sites is 2. The maximum absolute atomic E-state index is 12.6. The zero-order valence-corrected chi connectivity index (χ0v) is 14.5. The molecule has 0 saturated carbocycles. The van der Waals surface area contributed by atoms with Crippen molar-refractivity contribution in [3.63, 3.8) is 0 Å². The Hall–Kier alpha value is -2.69. The van der Waals surface area contributed by atoms with E-state index in [0.29, 0.717) is 29.4 Å². The Bertz CT molecular complexity index is 700. The lowest BCUT2D eigenvalue weighted by molar-refractivity contribution is -0.122. The Morgan fingerprint density at radius 1 is 1.04 bits per heavy atom. The molecule has 5 nitrogen and oxygen atoms in total. The van der Waals surface area contributed by atoms with Crippen LogP contribution in [-0.4, -0.2) is 26.2 Å². The van der Waals surface area contributed by atoms with Gasteiger partial charge in [0.2, 0.25) is 0 Å². The average Bonchev–Trinajstić information content (AvgIpc) is 2.60. The Balaban J connectivity index is 2.16. The third-order valence-corrected chi connectivity index (χ3v) is 3.61. The molecule has 0 aliphatic heterocycles. The highest BCUT2D eigenvalue weighted by Crippen LogP contribution is 2.29. The third-order valence-electron chi connectivity index (χ3n) is 3.61. The topological polar surface area (TPSA) is 56.8 Å². The Labute approximate surface area is 142 Å². The maximum atomic E-state index is 12.6. The molecule has 0 spiro atoms. The molecule has 0 radical (unpaired) electrons. The molecule has 1 amide bonds. The second-order valence-corrected chi connectivity index (χ2v) is 5.36. The van der Waals surface area contributed by atoms with Crippen LogP contribution in [0, 0.1) is 6.92 Å². The van der Waals surface area contributed by atoms with Gasteiger partial charge in [-0.25, -0.2) is 0 Å². The minimum Gasteiger partial charge on any atom is -0.495 e. The van der Waals surface area contributed by atoms with Gasteiger partial charge in [-0.15, -0.1) is 0 Å². The van der Waals surface area contributed by atoms with Crippen molar-refractivity contribution in [3.05, 3.63) is 48.0 Å². The summed E-state index contributed by atoms with van der Waals surface area (Å²) in [6, 6.07) is 12.9. The van der Waals surface area contributed by atoms with Crippen LogP contribution in [-0.2, 0) is 4.79 Å². The van der Waals surface area contributed by atoms with Crippen LogP contribution in [0.4, 0.5) is 5.69 Å². The molecule has 1 atom stereocenters. The summed E-state index contributed by atoms with van der Waals surface area (Å²) in [4.78, 5) is 12.6. The van der Waals surface area contributed by atoms with Crippen LogP contribution < -0.4 is 19.5 Å². The Kier molecular flexibility index (Phi) is 6.07. The Morgan fingerprint density at radius 3 is 2.33 bits per heavy atom. The third kappa shape index (κ3) is 4.19. The number of carbonyl (C=O) groups excluding carboxylic acids is 1. The summed E-state index contributed by atoms with van der Waals surface area (Å²) in [5.41, 5.74) is 1.66. The van der Waals surface area contributed by atoms with Gasteiger partial charge in [0.05, 0.1) is 19.9 Å². The smallest absolute Gasteiger partial charge is 0.265 e. The second kappa shape index (κ2) is 8.24. The number of carbonyl (C=O) groups is 1. The summed E-state index contributed by atoms with van der Waals surface area (Å²) in [5.74, 6) is 1.52. The SMILES string of the molecule is CC[C@@H](Oc1ccccc1OC)C(=O)Nc1cc(C)ccc1OC. The number of aryl methyl sites for hydroxylation is 1. The molecular formula is C19H23NO4. The monoisotopic (exact) mass is 329 g/mol. The van der Waals surface area contributed by atoms with Crippen molar-refractivity contribution in [1.29, 1.82) is 0 Å². The van der Waals surface area contributed by atoms with Crippen molar-refractivity contribution < 1.29 is 19.0 Å². The van der Waals surface area contributed by atoms with Gasteiger partial charge in [0.25, 0.3) is 5.91 Å². The number of amides is 1. The van der Waals surface area contributed by atoms with E-state index in [0.717, 1.165) is 5.56 Å². The molecule has 24 heavy (non-hydrogen) atoms. The van der Waals surface area contributed by atoms with Gasteiger partial charge in [-0.2, -0.15) is 0 Å². The number of ether oxygens (including phenoxy) is 3. The molecule has 0 aromatic heterocycles. The van der Waals surface area contributed by atoms with Crippen molar-refractivity contribution in [3.8, 4) is 17.2 Å². The number of anilines is 1. The van der Waals surface area contributed by atoms with Crippen LogP contribution in [0.5, 0.6) is 17.2 Å². The fraction of sp³-hybridized carbons (Fsp3) is 0.316. The largest absolute Gasteiger partial charge is 0.495 e. The van der Waals surface area contributed by atoms with E-state index in [4.69, 9.17) is 14.2 Å². The number of hydrogen-bond donors (Lipinski definition) is 1. The average molecular weight is 329 g/mol. The molecular weight excluding hydrogens is 306 g/mol. The van der Waals surface area contributed by atoms with Crippen LogP contribution in [0.1, 0.15) is 18.9 Å². The number of benzene rings is 2. The predicted octanol–water partition coefficient (Wildman–Crippen LogP) is 3.81. The minimum atomic E-state index is -0.633. The molecule has 0 unspecified atom stereocenters. The second-order valence-electron chi connectivity index (χ2n) is 5.36. The van der Waals surface area contributed by atoms with Crippen LogP contribution >= 0.6 is 0 Å². The lowest BCUT2D eigenvalue weighted by Gasteiger charge is -2.19. The minimum absolute atomic E-state index is 0.229. The maximum Gasteiger partial charge on any atom is 0.265 e. The molecule has 5 heteroatoms. The van der Waals surface area contributed by atoms with Crippen molar-refractivity contribution in [2.24, 2.45) is 0 Å². The van der Waals surface area contributed by atoms with Crippen molar-refractivity contribution in [2.75, 3.05) is 19.5 Å². The lowest BCUT2D eigenvalue weighted by atomic mass is 10.2. The van der Waals surface area contributed by atoms with Gasteiger partial charge in [-0.05, 0) is 43.2 Å². The van der Waals surface area contributed by atoms with E-state index in [9.17, 15) is 4.79 Å². The molecule has 2 aromatic rings. The molecule has 2 rings (SSSR count). The fourth-order valence-corrected chi connectivity index (χ4v) is 2.32. The number of methoxy groups -OCH3 is 2. The lowest BCUT2D eigenvalue weighted by Crippen LogP contribution is -2.32. The summed E-state index contributed by atoms with van der Waals surface area (Å²) in [5, 5.41) is 2.88. The van der Waals surface area contributed by atoms with Crippen molar-refractivity contribution in [2.45, 2.75) is 26.4 Å². The molecule has 1 N–H and O–H groups in total. The van der Waals surface area contributed by atoms with Crippen LogP contribution in [0.15, 0.2) is 42.5 Å². The molecule has 0 saturated heterocycles. The van der Waals surface area contributed by atoms with Crippen molar-refractivity contribution in [1.82, 2.24) is 0 Å². The van der Waals surface area contributed by atoms with E-state index in [2.05, 4.69) is 5.32 Å². The first-order valence-electron chi connectivity index (χ1n) is 7.84. The Morgan fingerprint density at radius 2 is 1.71 bits per heavy atom. The highest BCUT2D eigenvalue weighted by atomic mass is 16.5. The standard InChI is InChI=1S/C19H23NO4/c1-5-15(24-18-9-7-6-8-17(18)23-4)19(21)20-14-12-13(2)10-11-16(14)22-3/h6-12,15H,5H2,1-4H3,(H,20,21)/t15-/m1/s1. The zero-order chi connectivity index (χ0) is 17.5. The van der Waals surface area contributed by atoms with E-state index in [1.165, 1.54) is 0 Å². The van der Waals surface area contributed by atoms with E-state index < -0.39 is 6.10 Å². The zero-order valence-electron chi connectivity index (χ0n) is 14.5. The van der Waals surface area contributed by atoms with Gasteiger partial charge in [0.1, 0.15) is 5.75 Å². The van der Waals surface area contributed by atoms with Gasteiger partial charge >= 0.3 is 0 Å². The van der Waals surface area contributed by atoms with Crippen molar-refractivity contribution >= 4 is 11.6 Å². The fourth-order valence-electron chi connectivity index (χ4n) is 2.32. The van der Waals surface area contributed by atoms with Gasteiger partial charge in [-0.1, -0.05) is 25.1 Å². The van der Waals surface area contributed by atoms with Crippen LogP contribution in [0.25, 0.3) is 0 Å². The highest BCUT2D eigenvalue weighted by Gasteiger charge is 2.21. The number of nitrogens with one attached hydrogen (secondary N) is 1. The van der Waals surface area contributed by atoms with E-state index in [1.54, 1.807) is 26.4 Å². The summed E-state index contributed by atoms with van der Waals surface area (Å²) >= 11 is 0. The quantitative estimate of drug-likeness (QED) is 0.839. The molecule has 0 heterocycles. The highest BCUT2D eigenvalue weighted by molar-refractivity contribution is 5.95. The number of rotatable bonds is 7. The van der Waals surface area contributed by atoms with Gasteiger partial charge in [-0.3, -0.25) is 4.79 Å². The molecule has 0 aliphatic carbocycles. The first-order chi connectivity index (χ1) is 11.6. The molecule has 0 bridgehead atoms. The van der Waals surface area contributed by atoms with Gasteiger partial charge in [0.15, 0.2) is 17.6 Å². The first kappa shape index (κ1) is 17.7.